The summed E-state index contributed by atoms with van der Waals surface area (Å²) in [6, 6.07) is 8.50. The first-order valence-electron chi connectivity index (χ1n) is 9.22. The molecule has 1 fully saturated rings. The van der Waals surface area contributed by atoms with Gasteiger partial charge in [-0.1, -0.05) is 26.3 Å². The highest BCUT2D eigenvalue weighted by Crippen LogP contribution is 2.33. The van der Waals surface area contributed by atoms with Crippen LogP contribution in [0, 0.1) is 5.92 Å². The Morgan fingerprint density at radius 1 is 1.27 bits per heavy atom. The van der Waals surface area contributed by atoms with Crippen LogP contribution in [0.5, 0.6) is 0 Å². The highest BCUT2D eigenvalue weighted by Gasteiger charge is 2.29. The molecule has 26 heavy (non-hydrogen) atoms. The van der Waals surface area contributed by atoms with Gasteiger partial charge in [0.05, 0.1) is 11.2 Å². The average molecular weight is 351 g/mol. The molecule has 136 valence electrons. The van der Waals surface area contributed by atoms with Crippen molar-refractivity contribution in [1.29, 1.82) is 0 Å². The maximum atomic E-state index is 6.05. The van der Waals surface area contributed by atoms with E-state index in [-0.39, 0.29) is 0 Å². The Kier molecular flexibility index (Phi) is 4.14. The van der Waals surface area contributed by atoms with Crippen molar-refractivity contribution in [3.63, 3.8) is 0 Å². The molecule has 3 aromatic rings. The molecule has 1 aliphatic heterocycles. The second kappa shape index (κ2) is 6.48. The van der Waals surface area contributed by atoms with E-state index in [1.807, 2.05) is 24.3 Å². The molecule has 7 nitrogen and oxygen atoms in total. The third kappa shape index (κ3) is 2.83. The number of nitrogens with two attached hydrogens (primary N) is 2. The van der Waals surface area contributed by atoms with Gasteiger partial charge < -0.3 is 16.4 Å². The Balaban J connectivity index is 1.73. The summed E-state index contributed by atoms with van der Waals surface area (Å²) in [5, 5.41) is 7.92. The number of H-pyrrole nitrogens is 1. The summed E-state index contributed by atoms with van der Waals surface area (Å²) in [5.74, 6) is 2.35. The summed E-state index contributed by atoms with van der Waals surface area (Å²) < 4.78 is 0. The lowest BCUT2D eigenvalue weighted by molar-refractivity contribution is 0.440. The summed E-state index contributed by atoms with van der Waals surface area (Å²) in [4.78, 5) is 11.4. The van der Waals surface area contributed by atoms with Crippen molar-refractivity contribution >= 4 is 28.5 Å². The van der Waals surface area contributed by atoms with Gasteiger partial charge in [0.15, 0.2) is 5.82 Å². The smallest absolute Gasteiger partial charge is 0.222 e. The van der Waals surface area contributed by atoms with Gasteiger partial charge in [0.25, 0.3) is 0 Å². The van der Waals surface area contributed by atoms with Crippen LogP contribution in [0.4, 0.5) is 17.6 Å². The molecule has 7 heteroatoms. The third-order valence-corrected chi connectivity index (χ3v) is 5.51. The Labute approximate surface area is 152 Å². The molecule has 0 amide bonds. The largest absolute Gasteiger partial charge is 0.382 e. The molecule has 2 atom stereocenters. The van der Waals surface area contributed by atoms with Crippen molar-refractivity contribution in [2.24, 2.45) is 5.92 Å². The van der Waals surface area contributed by atoms with Gasteiger partial charge in [-0.15, -0.1) is 0 Å². The Bertz CT molecular complexity index is 933. The van der Waals surface area contributed by atoms with Crippen molar-refractivity contribution in [3.05, 3.63) is 24.3 Å². The number of benzene rings is 1. The minimum Gasteiger partial charge on any atom is -0.382 e. The predicted molar refractivity (Wildman–Crippen MR) is 106 cm³/mol. The first kappa shape index (κ1) is 16.6. The van der Waals surface area contributed by atoms with E-state index in [0.717, 1.165) is 40.9 Å². The summed E-state index contributed by atoms with van der Waals surface area (Å²) in [6.45, 7) is 5.57. The van der Waals surface area contributed by atoms with Crippen molar-refractivity contribution in [3.8, 4) is 11.3 Å². The van der Waals surface area contributed by atoms with Gasteiger partial charge in [-0.2, -0.15) is 10.1 Å². The molecule has 1 aliphatic rings. The van der Waals surface area contributed by atoms with Crippen LogP contribution in [-0.4, -0.2) is 32.8 Å². The maximum Gasteiger partial charge on any atom is 0.222 e. The molecule has 0 spiro atoms. The summed E-state index contributed by atoms with van der Waals surface area (Å²) >= 11 is 0. The van der Waals surface area contributed by atoms with Gasteiger partial charge in [0.2, 0.25) is 5.95 Å². The van der Waals surface area contributed by atoms with E-state index in [1.165, 1.54) is 12.8 Å². The highest BCUT2D eigenvalue weighted by atomic mass is 15.2. The van der Waals surface area contributed by atoms with Crippen LogP contribution >= 0.6 is 0 Å². The predicted octanol–water partition coefficient (Wildman–Crippen LogP) is 3.20. The Morgan fingerprint density at radius 3 is 2.92 bits per heavy atom. The molecule has 0 saturated carbocycles. The lowest BCUT2D eigenvalue weighted by Gasteiger charge is -2.30. The van der Waals surface area contributed by atoms with Gasteiger partial charge >= 0.3 is 0 Å². The first-order valence-corrected chi connectivity index (χ1v) is 9.22. The highest BCUT2D eigenvalue weighted by molar-refractivity contribution is 5.91. The molecule has 3 heterocycles. The fraction of sp³-hybridized carbons (Fsp3) is 0.421. The molecule has 4 rings (SSSR count). The van der Waals surface area contributed by atoms with Crippen molar-refractivity contribution in [1.82, 2.24) is 20.2 Å². The number of nitrogen functional groups attached to an aromatic ring is 2. The van der Waals surface area contributed by atoms with E-state index in [9.17, 15) is 0 Å². The van der Waals surface area contributed by atoms with Crippen molar-refractivity contribution in [2.75, 3.05) is 22.9 Å². The SMILES string of the molecule is CCC(C)[C@H]1CCCN1c1cc(-c2ccc3c(N)n[nH]c3c2)nc(N)n1. The zero-order valence-corrected chi connectivity index (χ0v) is 15.2. The lowest BCUT2D eigenvalue weighted by Crippen LogP contribution is -2.35. The van der Waals surface area contributed by atoms with E-state index in [0.29, 0.717) is 23.7 Å². The van der Waals surface area contributed by atoms with E-state index in [1.54, 1.807) is 0 Å². The summed E-state index contributed by atoms with van der Waals surface area (Å²) in [6.07, 6.45) is 3.55. The topological polar surface area (TPSA) is 110 Å². The number of aromatic nitrogens is 4. The van der Waals surface area contributed by atoms with E-state index in [2.05, 4.69) is 38.9 Å². The molecule has 2 aromatic heterocycles. The van der Waals surface area contributed by atoms with Gasteiger partial charge in [-0.25, -0.2) is 4.98 Å². The summed E-state index contributed by atoms with van der Waals surface area (Å²) in [5.41, 5.74) is 14.6. The minimum absolute atomic E-state index is 0.302. The van der Waals surface area contributed by atoms with Gasteiger partial charge in [-0.3, -0.25) is 5.10 Å². The van der Waals surface area contributed by atoms with Crippen LogP contribution < -0.4 is 16.4 Å². The zero-order valence-electron chi connectivity index (χ0n) is 15.2. The monoisotopic (exact) mass is 351 g/mol. The molecule has 5 N–H and O–H groups in total. The number of anilines is 3. The Hall–Kier alpha value is -2.83. The molecule has 0 aliphatic carbocycles. The first-order chi connectivity index (χ1) is 12.6. The van der Waals surface area contributed by atoms with Gasteiger partial charge in [0.1, 0.15) is 5.82 Å². The molecule has 0 bridgehead atoms. The normalized spacial score (nSPS) is 18.5. The van der Waals surface area contributed by atoms with Crippen LogP contribution in [0.25, 0.3) is 22.2 Å². The van der Waals surface area contributed by atoms with E-state index < -0.39 is 0 Å². The number of hydrogen-bond donors (Lipinski definition) is 3. The van der Waals surface area contributed by atoms with Crippen LogP contribution in [0.2, 0.25) is 0 Å². The maximum absolute atomic E-state index is 6.05. The molecular formula is C19H25N7. The number of aromatic amines is 1. The fourth-order valence-corrected chi connectivity index (χ4v) is 3.89. The molecular weight excluding hydrogens is 326 g/mol. The van der Waals surface area contributed by atoms with Gasteiger partial charge in [-0.05, 0) is 30.9 Å². The second-order valence-electron chi connectivity index (χ2n) is 7.13. The van der Waals surface area contributed by atoms with Crippen molar-refractivity contribution in [2.45, 2.75) is 39.2 Å². The molecule has 1 saturated heterocycles. The van der Waals surface area contributed by atoms with Crippen LogP contribution in [-0.2, 0) is 0 Å². The quantitative estimate of drug-likeness (QED) is 0.666. The van der Waals surface area contributed by atoms with Crippen LogP contribution in [0.1, 0.15) is 33.1 Å². The Morgan fingerprint density at radius 2 is 2.12 bits per heavy atom. The second-order valence-corrected chi connectivity index (χ2v) is 7.13. The number of fused-ring (bicyclic) bond motifs is 1. The number of hydrogen-bond acceptors (Lipinski definition) is 6. The van der Waals surface area contributed by atoms with Crippen LogP contribution in [0.15, 0.2) is 24.3 Å². The zero-order chi connectivity index (χ0) is 18.3. The molecule has 1 unspecified atom stereocenters. The summed E-state index contributed by atoms with van der Waals surface area (Å²) in [7, 11) is 0. The number of nitrogens with zero attached hydrogens (tertiary/aromatic N) is 4. The lowest BCUT2D eigenvalue weighted by atomic mass is 9.97. The van der Waals surface area contributed by atoms with Crippen molar-refractivity contribution < 1.29 is 0 Å². The van der Waals surface area contributed by atoms with Gasteiger partial charge in [0, 0.05) is 29.6 Å². The van der Waals surface area contributed by atoms with E-state index in [4.69, 9.17) is 11.5 Å². The number of rotatable bonds is 4. The average Bonchev–Trinajstić information content (AvgIpc) is 3.27. The minimum atomic E-state index is 0.302. The van der Waals surface area contributed by atoms with E-state index >= 15 is 0 Å². The number of nitrogens with one attached hydrogen (secondary N) is 1. The third-order valence-electron chi connectivity index (χ3n) is 5.51. The fourth-order valence-electron chi connectivity index (χ4n) is 3.89. The molecule has 0 radical (unpaired) electrons. The van der Waals surface area contributed by atoms with Crippen LogP contribution in [0.3, 0.4) is 0 Å². The molecule has 1 aromatic carbocycles. The standard InChI is InChI=1S/C19H25N7/c1-3-11(2)16-5-4-8-26(16)17-10-14(22-19(21)23-17)12-6-7-13-15(9-12)24-25-18(13)20/h6-7,9-11,16H,3-5,8H2,1-2H3,(H3,20,24,25)(H2,21,22,23)/t11?,16-/m1/s1.